The van der Waals surface area contributed by atoms with Gasteiger partial charge in [-0.1, -0.05) is 37.1 Å². The lowest BCUT2D eigenvalue weighted by Crippen LogP contribution is -2.27. The molecule has 0 aliphatic carbocycles. The molecule has 0 fully saturated rings. The van der Waals surface area contributed by atoms with Crippen LogP contribution in [0.15, 0.2) is 18.2 Å². The van der Waals surface area contributed by atoms with E-state index >= 15 is 0 Å². The summed E-state index contributed by atoms with van der Waals surface area (Å²) in [6.45, 7) is 6.09. The van der Waals surface area contributed by atoms with Crippen LogP contribution in [0.25, 0.3) is 0 Å². The van der Waals surface area contributed by atoms with Gasteiger partial charge < -0.3 is 5.32 Å². The Labute approximate surface area is 117 Å². The normalized spacial score (nSPS) is 13.5. The monoisotopic (exact) mass is 283 g/mol. The first-order valence-electron chi connectivity index (χ1n) is 6.84. The molecule has 19 heavy (non-hydrogen) atoms. The lowest BCUT2D eigenvalue weighted by Gasteiger charge is -2.19. The summed E-state index contributed by atoms with van der Waals surface area (Å²) in [6.07, 6.45) is 1.65. The maximum absolute atomic E-state index is 12.1. The van der Waals surface area contributed by atoms with Crippen LogP contribution in [0.1, 0.15) is 42.5 Å². The highest BCUT2D eigenvalue weighted by Gasteiger charge is 2.20. The van der Waals surface area contributed by atoms with Gasteiger partial charge in [-0.3, -0.25) is 0 Å². The van der Waals surface area contributed by atoms with Gasteiger partial charge in [0.1, 0.15) is 0 Å². The first-order valence-corrected chi connectivity index (χ1v) is 8.66. The van der Waals surface area contributed by atoms with Crippen molar-refractivity contribution < 1.29 is 8.42 Å². The summed E-state index contributed by atoms with van der Waals surface area (Å²) < 4.78 is 24.1. The van der Waals surface area contributed by atoms with Crippen LogP contribution >= 0.6 is 0 Å². The average molecular weight is 283 g/mol. The summed E-state index contributed by atoms with van der Waals surface area (Å²) in [5.41, 5.74) is 3.42. The van der Waals surface area contributed by atoms with Crippen LogP contribution in [0.3, 0.4) is 0 Å². The molecule has 0 saturated heterocycles. The fraction of sp³-hybridized carbons (Fsp3) is 0.600. The molecule has 0 amide bonds. The molecule has 0 spiro atoms. The van der Waals surface area contributed by atoms with Crippen LogP contribution in [0.4, 0.5) is 0 Å². The summed E-state index contributed by atoms with van der Waals surface area (Å²) in [5, 5.41) is 3.13. The first-order chi connectivity index (χ1) is 8.89. The summed E-state index contributed by atoms with van der Waals surface area (Å²) in [4.78, 5) is 0. The van der Waals surface area contributed by atoms with E-state index in [0.29, 0.717) is 0 Å². The average Bonchev–Trinajstić information content (AvgIpc) is 2.34. The molecule has 0 aromatic heterocycles. The van der Waals surface area contributed by atoms with Gasteiger partial charge in [-0.25, -0.2) is 8.42 Å². The van der Waals surface area contributed by atoms with Crippen molar-refractivity contribution in [1.29, 1.82) is 0 Å². The highest BCUT2D eigenvalue weighted by atomic mass is 32.2. The number of rotatable bonds is 7. The Morgan fingerprint density at radius 1 is 1.26 bits per heavy atom. The molecule has 1 rings (SSSR count). The van der Waals surface area contributed by atoms with Crippen LogP contribution in [-0.2, 0) is 9.84 Å². The van der Waals surface area contributed by atoms with Gasteiger partial charge in [0.05, 0.1) is 11.5 Å². The third kappa shape index (κ3) is 4.96. The maximum Gasteiger partial charge on any atom is 0.152 e. The number of unbranched alkanes of at least 4 members (excludes halogenated alkanes) is 1. The van der Waals surface area contributed by atoms with Crippen molar-refractivity contribution >= 4 is 9.84 Å². The molecule has 1 unspecified atom stereocenters. The molecular weight excluding hydrogens is 258 g/mol. The number of sulfone groups is 1. The van der Waals surface area contributed by atoms with Crippen molar-refractivity contribution in [1.82, 2.24) is 5.32 Å². The third-order valence-electron chi connectivity index (χ3n) is 3.38. The minimum atomic E-state index is -2.99. The Balaban J connectivity index is 2.89. The van der Waals surface area contributed by atoms with E-state index in [0.717, 1.165) is 24.0 Å². The molecule has 0 aliphatic heterocycles. The van der Waals surface area contributed by atoms with E-state index in [1.54, 1.807) is 0 Å². The molecule has 1 atom stereocenters. The zero-order chi connectivity index (χ0) is 14.5. The van der Waals surface area contributed by atoms with E-state index in [-0.39, 0.29) is 17.5 Å². The molecule has 0 aliphatic rings. The first kappa shape index (κ1) is 16.2. The van der Waals surface area contributed by atoms with Gasteiger partial charge in [0, 0.05) is 6.04 Å². The van der Waals surface area contributed by atoms with Gasteiger partial charge in [0.2, 0.25) is 0 Å². The van der Waals surface area contributed by atoms with Gasteiger partial charge in [0.15, 0.2) is 9.84 Å². The summed E-state index contributed by atoms with van der Waals surface area (Å²) in [7, 11) is -1.17. The SMILES string of the molecule is CCCCS(=O)(=O)CC(NC)c1ccc(C)cc1C. The highest BCUT2D eigenvalue weighted by molar-refractivity contribution is 7.91. The standard InChI is InChI=1S/C15H25NO2S/c1-5-6-9-19(17,18)11-15(16-4)14-8-7-12(2)10-13(14)3/h7-8,10,15-16H,5-6,9,11H2,1-4H3. The van der Waals surface area contributed by atoms with Gasteiger partial charge >= 0.3 is 0 Å². The predicted molar refractivity (Wildman–Crippen MR) is 81.3 cm³/mol. The molecule has 0 saturated carbocycles. The number of aryl methyl sites for hydroxylation is 2. The van der Waals surface area contributed by atoms with Crippen molar-refractivity contribution in [2.75, 3.05) is 18.6 Å². The van der Waals surface area contributed by atoms with Crippen LogP contribution in [0.5, 0.6) is 0 Å². The predicted octanol–water partition coefficient (Wildman–Crippen LogP) is 2.78. The van der Waals surface area contributed by atoms with E-state index < -0.39 is 9.84 Å². The summed E-state index contributed by atoms with van der Waals surface area (Å²) in [6, 6.07) is 6.03. The topological polar surface area (TPSA) is 46.2 Å². The van der Waals surface area contributed by atoms with Gasteiger partial charge in [-0.05, 0) is 38.4 Å². The Morgan fingerprint density at radius 3 is 2.47 bits per heavy atom. The van der Waals surface area contributed by atoms with Crippen molar-refractivity contribution in [3.63, 3.8) is 0 Å². The second-order valence-corrected chi connectivity index (χ2v) is 7.40. The molecule has 4 heteroatoms. The van der Waals surface area contributed by atoms with Gasteiger partial charge in [-0.15, -0.1) is 0 Å². The molecule has 3 nitrogen and oxygen atoms in total. The fourth-order valence-electron chi connectivity index (χ4n) is 2.25. The van der Waals surface area contributed by atoms with Crippen LogP contribution < -0.4 is 5.32 Å². The largest absolute Gasteiger partial charge is 0.312 e. The molecule has 0 radical (unpaired) electrons. The molecule has 1 aromatic carbocycles. The van der Waals surface area contributed by atoms with Crippen LogP contribution in [-0.4, -0.2) is 27.0 Å². The number of nitrogens with one attached hydrogen (secondary N) is 1. The van der Waals surface area contributed by atoms with E-state index in [1.807, 2.05) is 40.0 Å². The van der Waals surface area contributed by atoms with E-state index in [2.05, 4.69) is 11.4 Å². The summed E-state index contributed by atoms with van der Waals surface area (Å²) in [5.74, 6) is 0.458. The second kappa shape index (κ2) is 7.06. The zero-order valence-corrected chi connectivity index (χ0v) is 13.2. The smallest absolute Gasteiger partial charge is 0.152 e. The quantitative estimate of drug-likeness (QED) is 0.837. The Kier molecular flexibility index (Phi) is 6.01. The number of benzene rings is 1. The minimum Gasteiger partial charge on any atom is -0.312 e. The maximum atomic E-state index is 12.1. The molecule has 108 valence electrons. The third-order valence-corrected chi connectivity index (χ3v) is 5.13. The minimum absolute atomic E-state index is 0.123. The van der Waals surface area contributed by atoms with Crippen molar-refractivity contribution in [3.8, 4) is 0 Å². The molecule has 1 aromatic rings. The Hall–Kier alpha value is -0.870. The van der Waals surface area contributed by atoms with Crippen molar-refractivity contribution in [3.05, 3.63) is 34.9 Å². The van der Waals surface area contributed by atoms with Gasteiger partial charge in [0.25, 0.3) is 0 Å². The van der Waals surface area contributed by atoms with E-state index in [9.17, 15) is 8.42 Å². The van der Waals surface area contributed by atoms with Crippen molar-refractivity contribution in [2.24, 2.45) is 0 Å². The molecule has 0 bridgehead atoms. The fourth-order valence-corrected chi connectivity index (χ4v) is 4.00. The molecular formula is C15H25NO2S. The number of hydrogen-bond donors (Lipinski definition) is 1. The number of hydrogen-bond acceptors (Lipinski definition) is 3. The Bertz CT molecular complexity index is 509. The van der Waals surface area contributed by atoms with Crippen LogP contribution in [0, 0.1) is 13.8 Å². The van der Waals surface area contributed by atoms with Crippen LogP contribution in [0.2, 0.25) is 0 Å². The van der Waals surface area contributed by atoms with Gasteiger partial charge in [-0.2, -0.15) is 0 Å². The lowest BCUT2D eigenvalue weighted by molar-refractivity contribution is 0.570. The summed E-state index contributed by atoms with van der Waals surface area (Å²) >= 11 is 0. The molecule has 0 heterocycles. The molecule has 1 N–H and O–H groups in total. The lowest BCUT2D eigenvalue weighted by atomic mass is 10.0. The van der Waals surface area contributed by atoms with E-state index in [4.69, 9.17) is 0 Å². The zero-order valence-electron chi connectivity index (χ0n) is 12.4. The highest BCUT2D eigenvalue weighted by Crippen LogP contribution is 2.20. The Morgan fingerprint density at radius 2 is 1.95 bits per heavy atom. The van der Waals surface area contributed by atoms with Crippen molar-refractivity contribution in [2.45, 2.75) is 39.7 Å². The van der Waals surface area contributed by atoms with E-state index in [1.165, 1.54) is 5.56 Å². The second-order valence-electron chi connectivity index (χ2n) is 5.17.